The van der Waals surface area contributed by atoms with Crippen LogP contribution in [0.5, 0.6) is 0 Å². The van der Waals surface area contributed by atoms with E-state index in [2.05, 4.69) is 22.7 Å². The van der Waals surface area contributed by atoms with Gasteiger partial charge in [0, 0.05) is 29.9 Å². The first kappa shape index (κ1) is 15.9. The normalized spacial score (nSPS) is 12.6. The Labute approximate surface area is 129 Å². The lowest BCUT2D eigenvalue weighted by molar-refractivity contribution is 0.565. The first-order valence-electron chi connectivity index (χ1n) is 7.37. The van der Waals surface area contributed by atoms with Crippen molar-refractivity contribution in [3.05, 3.63) is 29.3 Å². The lowest BCUT2D eigenvalue weighted by Crippen LogP contribution is -2.34. The minimum atomic E-state index is 0.284. The van der Waals surface area contributed by atoms with Gasteiger partial charge in [0.15, 0.2) is 11.9 Å². The third kappa shape index (κ3) is 3.21. The van der Waals surface area contributed by atoms with E-state index < -0.39 is 0 Å². The predicted molar refractivity (Wildman–Crippen MR) is 87.1 cm³/mol. The van der Waals surface area contributed by atoms with Crippen LogP contribution in [-0.2, 0) is 9.59 Å². The van der Waals surface area contributed by atoms with E-state index in [0.717, 1.165) is 31.6 Å². The maximum atomic E-state index is 11.1. The summed E-state index contributed by atoms with van der Waals surface area (Å²) in [5.41, 5.74) is 13.7. The molecule has 0 atom stereocenters. The standard InChI is InChI=1S/C16H20N4O2/c1-2-20(8-4-3-7-17)12-5-6-13-14(9-12)16(11-22)19-18-15(13)10-21/h5-6,9,18-19H,2-4,7-8,17H2,1H3. The van der Waals surface area contributed by atoms with E-state index in [-0.39, 0.29) is 11.4 Å². The number of fused-ring (bicyclic) bond motifs is 1. The second-order valence-electron chi connectivity index (χ2n) is 5.01. The lowest BCUT2D eigenvalue weighted by Gasteiger charge is -2.26. The first-order valence-corrected chi connectivity index (χ1v) is 7.37. The number of hydrazine groups is 1. The van der Waals surface area contributed by atoms with Gasteiger partial charge in [-0.15, -0.1) is 0 Å². The van der Waals surface area contributed by atoms with Crippen LogP contribution in [0.1, 0.15) is 30.9 Å². The van der Waals surface area contributed by atoms with Gasteiger partial charge in [0.25, 0.3) is 0 Å². The minimum absolute atomic E-state index is 0.284. The van der Waals surface area contributed by atoms with Gasteiger partial charge < -0.3 is 10.6 Å². The van der Waals surface area contributed by atoms with Gasteiger partial charge in [-0.1, -0.05) is 0 Å². The zero-order valence-corrected chi connectivity index (χ0v) is 12.6. The van der Waals surface area contributed by atoms with Crippen LogP contribution in [0.3, 0.4) is 0 Å². The molecule has 0 fully saturated rings. The largest absolute Gasteiger partial charge is 0.372 e. The highest BCUT2D eigenvalue weighted by Gasteiger charge is 2.20. The van der Waals surface area contributed by atoms with Gasteiger partial charge in [0.2, 0.25) is 0 Å². The third-order valence-electron chi connectivity index (χ3n) is 3.69. The Kier molecular flexibility index (Phi) is 5.39. The van der Waals surface area contributed by atoms with Crippen LogP contribution in [-0.4, -0.2) is 31.5 Å². The summed E-state index contributed by atoms with van der Waals surface area (Å²) in [6, 6.07) is 5.66. The molecule has 0 spiro atoms. The third-order valence-corrected chi connectivity index (χ3v) is 3.69. The number of anilines is 1. The zero-order valence-electron chi connectivity index (χ0n) is 12.6. The van der Waals surface area contributed by atoms with Crippen molar-refractivity contribution in [2.75, 3.05) is 24.5 Å². The van der Waals surface area contributed by atoms with Crippen LogP contribution >= 0.6 is 0 Å². The highest BCUT2D eigenvalue weighted by molar-refractivity contribution is 5.99. The van der Waals surface area contributed by atoms with Crippen molar-refractivity contribution in [2.45, 2.75) is 19.8 Å². The zero-order chi connectivity index (χ0) is 15.9. The quantitative estimate of drug-likeness (QED) is 0.530. The summed E-state index contributed by atoms with van der Waals surface area (Å²) in [6.07, 6.45) is 1.99. The molecule has 6 heteroatoms. The Morgan fingerprint density at radius 3 is 2.36 bits per heavy atom. The van der Waals surface area contributed by atoms with Gasteiger partial charge in [-0.05, 0) is 44.5 Å². The lowest BCUT2D eigenvalue weighted by atomic mass is 10.00. The smallest absolute Gasteiger partial charge is 0.152 e. The number of hydrogen-bond acceptors (Lipinski definition) is 6. The molecule has 0 radical (unpaired) electrons. The van der Waals surface area contributed by atoms with E-state index in [0.29, 0.717) is 17.7 Å². The molecule has 0 amide bonds. The van der Waals surface area contributed by atoms with Crippen LogP contribution in [0.2, 0.25) is 0 Å². The molecule has 1 aromatic carbocycles. The molecular formula is C16H20N4O2. The molecule has 1 aliphatic rings. The topological polar surface area (TPSA) is 87.5 Å². The number of nitrogens with one attached hydrogen (secondary N) is 2. The van der Waals surface area contributed by atoms with E-state index in [4.69, 9.17) is 5.73 Å². The SMILES string of the molecule is CCN(CCCCN)c1ccc2c(c1)C(=C=O)NNC2=C=O. The molecule has 0 unspecified atom stereocenters. The molecule has 0 bridgehead atoms. The van der Waals surface area contributed by atoms with E-state index in [1.54, 1.807) is 0 Å². The molecule has 0 aromatic heterocycles. The van der Waals surface area contributed by atoms with Crippen molar-refractivity contribution in [1.82, 2.24) is 10.9 Å². The van der Waals surface area contributed by atoms with E-state index in [9.17, 15) is 9.59 Å². The Bertz CT molecular complexity index is 644. The van der Waals surface area contributed by atoms with Gasteiger partial charge >= 0.3 is 0 Å². The molecule has 1 aromatic rings. The van der Waals surface area contributed by atoms with Gasteiger partial charge in [-0.3, -0.25) is 10.9 Å². The summed E-state index contributed by atoms with van der Waals surface area (Å²) < 4.78 is 0. The molecule has 1 heterocycles. The molecule has 0 aliphatic carbocycles. The molecule has 0 saturated carbocycles. The minimum Gasteiger partial charge on any atom is -0.372 e. The van der Waals surface area contributed by atoms with E-state index >= 15 is 0 Å². The summed E-state index contributed by atoms with van der Waals surface area (Å²) in [7, 11) is 0. The second-order valence-corrected chi connectivity index (χ2v) is 5.01. The highest BCUT2D eigenvalue weighted by atomic mass is 16.1. The fraction of sp³-hybridized carbons (Fsp3) is 0.375. The summed E-state index contributed by atoms with van der Waals surface area (Å²) in [6.45, 7) is 4.51. The van der Waals surface area contributed by atoms with Gasteiger partial charge in [-0.2, -0.15) is 0 Å². The molecule has 6 nitrogen and oxygen atoms in total. The number of benzene rings is 1. The maximum absolute atomic E-state index is 11.1. The average Bonchev–Trinajstić information content (AvgIpc) is 2.57. The molecule has 116 valence electrons. The van der Waals surface area contributed by atoms with Crippen molar-refractivity contribution in [1.29, 1.82) is 0 Å². The predicted octanol–water partition coefficient (Wildman–Crippen LogP) is 0.705. The molecule has 1 aliphatic heterocycles. The van der Waals surface area contributed by atoms with Crippen LogP contribution in [0, 0.1) is 0 Å². The van der Waals surface area contributed by atoms with Crippen molar-refractivity contribution in [3.63, 3.8) is 0 Å². The Hall–Kier alpha value is -2.52. The van der Waals surface area contributed by atoms with Gasteiger partial charge in [0.1, 0.15) is 11.4 Å². The number of nitrogens with two attached hydrogens (primary N) is 1. The summed E-state index contributed by atoms with van der Waals surface area (Å²) in [4.78, 5) is 24.3. The average molecular weight is 300 g/mol. The van der Waals surface area contributed by atoms with Crippen molar-refractivity contribution >= 4 is 29.0 Å². The van der Waals surface area contributed by atoms with E-state index in [1.807, 2.05) is 30.1 Å². The number of rotatable bonds is 6. The fourth-order valence-corrected chi connectivity index (χ4v) is 2.49. The second kappa shape index (κ2) is 7.48. The maximum Gasteiger partial charge on any atom is 0.152 e. The van der Waals surface area contributed by atoms with Crippen LogP contribution in [0.4, 0.5) is 5.69 Å². The van der Waals surface area contributed by atoms with E-state index in [1.165, 1.54) is 0 Å². The number of unbranched alkanes of at least 4 members (excludes halogenated alkanes) is 1. The Morgan fingerprint density at radius 1 is 1.09 bits per heavy atom. The summed E-state index contributed by atoms with van der Waals surface area (Å²) >= 11 is 0. The molecule has 2 rings (SSSR count). The van der Waals surface area contributed by atoms with Crippen molar-refractivity contribution in [3.8, 4) is 0 Å². The Morgan fingerprint density at radius 2 is 1.77 bits per heavy atom. The molecule has 0 saturated heterocycles. The van der Waals surface area contributed by atoms with Gasteiger partial charge in [-0.25, -0.2) is 9.59 Å². The van der Waals surface area contributed by atoms with Crippen molar-refractivity contribution < 1.29 is 9.59 Å². The first-order chi connectivity index (χ1) is 10.7. The fourth-order valence-electron chi connectivity index (χ4n) is 2.49. The monoisotopic (exact) mass is 300 g/mol. The van der Waals surface area contributed by atoms with Crippen LogP contribution < -0.4 is 21.5 Å². The highest BCUT2D eigenvalue weighted by Crippen LogP contribution is 2.28. The van der Waals surface area contributed by atoms with Crippen LogP contribution in [0.15, 0.2) is 18.2 Å². The van der Waals surface area contributed by atoms with Gasteiger partial charge in [0.05, 0.1) is 0 Å². The number of hydrogen-bond donors (Lipinski definition) is 3. The Balaban J connectivity index is 2.36. The number of carbonyl (C=O) groups excluding carboxylic acids is 2. The van der Waals surface area contributed by atoms with Crippen molar-refractivity contribution in [2.24, 2.45) is 5.73 Å². The molecule has 22 heavy (non-hydrogen) atoms. The van der Waals surface area contributed by atoms with Crippen LogP contribution in [0.25, 0.3) is 11.4 Å². The summed E-state index contributed by atoms with van der Waals surface area (Å²) in [5, 5.41) is 0. The molecule has 4 N–H and O–H groups in total. The molecular weight excluding hydrogens is 280 g/mol. The number of nitrogens with zero attached hydrogens (tertiary/aromatic N) is 1. The summed E-state index contributed by atoms with van der Waals surface area (Å²) in [5.74, 6) is 3.69.